The van der Waals surface area contributed by atoms with Gasteiger partial charge in [0.1, 0.15) is 11.6 Å². The summed E-state index contributed by atoms with van der Waals surface area (Å²) in [6.45, 7) is 0.971. The summed E-state index contributed by atoms with van der Waals surface area (Å²) in [7, 11) is 0. The molecule has 0 bridgehead atoms. The quantitative estimate of drug-likeness (QED) is 0.716. The molecule has 2 heterocycles. The number of halogens is 2. The Morgan fingerprint density at radius 2 is 1.80 bits per heavy atom. The van der Waals surface area contributed by atoms with Gasteiger partial charge in [0.15, 0.2) is 0 Å². The highest BCUT2D eigenvalue weighted by Gasteiger charge is 2.28. The number of hydrogen-bond donors (Lipinski definition) is 1. The van der Waals surface area contributed by atoms with Crippen molar-refractivity contribution in [1.82, 2.24) is 9.88 Å². The van der Waals surface area contributed by atoms with Gasteiger partial charge in [-0.05, 0) is 48.7 Å². The van der Waals surface area contributed by atoms with Gasteiger partial charge in [-0.3, -0.25) is 14.6 Å². The number of carbonyl (C=O) groups is 2. The normalized spacial score (nSPS) is 14.8. The van der Waals surface area contributed by atoms with Gasteiger partial charge in [0.05, 0.1) is 23.2 Å². The van der Waals surface area contributed by atoms with Crippen molar-refractivity contribution in [3.8, 4) is 0 Å². The van der Waals surface area contributed by atoms with E-state index in [4.69, 9.17) is 5.73 Å². The number of hydrogen-bond acceptors (Lipinski definition) is 3. The summed E-state index contributed by atoms with van der Waals surface area (Å²) in [5.74, 6) is -1.57. The van der Waals surface area contributed by atoms with Crippen LogP contribution in [0.1, 0.15) is 40.4 Å². The van der Waals surface area contributed by atoms with Gasteiger partial charge >= 0.3 is 0 Å². The number of likely N-dealkylation sites (tertiary alicyclic amines) is 1. The number of primary amides is 1. The van der Waals surface area contributed by atoms with Gasteiger partial charge in [-0.15, -0.1) is 0 Å². The van der Waals surface area contributed by atoms with Crippen LogP contribution in [0.25, 0.3) is 10.9 Å². The van der Waals surface area contributed by atoms with Crippen LogP contribution in [-0.2, 0) is 11.2 Å². The molecule has 2 aromatic carbocycles. The molecule has 1 aliphatic heterocycles. The maximum Gasteiger partial charge on any atom is 0.250 e. The lowest BCUT2D eigenvalue weighted by molar-refractivity contribution is -0.131. The fourth-order valence-corrected chi connectivity index (χ4v) is 3.99. The smallest absolute Gasteiger partial charge is 0.250 e. The number of fused-ring (bicyclic) bond motifs is 1. The number of carbonyl (C=O) groups excluding carboxylic acids is 2. The Morgan fingerprint density at radius 3 is 2.50 bits per heavy atom. The van der Waals surface area contributed by atoms with E-state index >= 15 is 0 Å². The van der Waals surface area contributed by atoms with Gasteiger partial charge in [-0.1, -0.05) is 18.2 Å². The SMILES string of the molecule is NC(=O)c1cc2cc(F)ccc2nc1C1CCN(C(=O)Cc2ccccc2F)CC1. The molecule has 0 radical (unpaired) electrons. The number of benzene rings is 2. The molecule has 0 aliphatic carbocycles. The first kappa shape index (κ1) is 19.9. The predicted octanol–water partition coefficient (Wildman–Crippen LogP) is 3.56. The van der Waals surface area contributed by atoms with Crippen LogP contribution in [0.5, 0.6) is 0 Å². The van der Waals surface area contributed by atoms with E-state index in [1.165, 1.54) is 18.2 Å². The Hall–Kier alpha value is -3.35. The lowest BCUT2D eigenvalue weighted by atomic mass is 9.89. The molecule has 4 rings (SSSR count). The van der Waals surface area contributed by atoms with E-state index in [1.807, 2.05) is 0 Å². The molecule has 1 fully saturated rings. The number of rotatable bonds is 4. The number of pyridine rings is 1. The molecule has 0 saturated carbocycles. The largest absolute Gasteiger partial charge is 0.366 e. The molecule has 2 amide bonds. The van der Waals surface area contributed by atoms with Crippen LogP contribution in [0.4, 0.5) is 8.78 Å². The standard InChI is InChI=1S/C23H21F2N3O2/c24-17-5-6-20-16(11-17)12-18(23(26)30)22(27-20)14-7-9-28(10-8-14)21(29)13-15-3-1-2-4-19(15)25/h1-6,11-12,14H,7-10,13H2,(H2,26,30). The number of nitrogens with two attached hydrogens (primary N) is 1. The third-order valence-corrected chi connectivity index (χ3v) is 5.61. The summed E-state index contributed by atoms with van der Waals surface area (Å²) in [6.07, 6.45) is 1.25. The molecular formula is C23H21F2N3O2. The minimum absolute atomic E-state index is 0.0175. The third-order valence-electron chi connectivity index (χ3n) is 5.61. The van der Waals surface area contributed by atoms with Crippen molar-refractivity contribution in [1.29, 1.82) is 0 Å². The van der Waals surface area contributed by atoms with Crippen molar-refractivity contribution >= 4 is 22.7 Å². The highest BCUT2D eigenvalue weighted by Crippen LogP contribution is 2.31. The predicted molar refractivity (Wildman–Crippen MR) is 109 cm³/mol. The Kier molecular flexibility index (Phi) is 5.44. The minimum atomic E-state index is -0.610. The monoisotopic (exact) mass is 409 g/mol. The van der Waals surface area contributed by atoms with Crippen molar-refractivity contribution < 1.29 is 18.4 Å². The minimum Gasteiger partial charge on any atom is -0.366 e. The first-order valence-corrected chi connectivity index (χ1v) is 9.83. The van der Waals surface area contributed by atoms with Crippen molar-refractivity contribution in [3.63, 3.8) is 0 Å². The molecule has 0 atom stereocenters. The summed E-state index contributed by atoms with van der Waals surface area (Å²) in [5, 5.41) is 0.519. The number of aromatic nitrogens is 1. The lowest BCUT2D eigenvalue weighted by Gasteiger charge is -2.32. The summed E-state index contributed by atoms with van der Waals surface area (Å²) in [5.41, 5.74) is 7.39. The van der Waals surface area contributed by atoms with Crippen LogP contribution in [0.15, 0.2) is 48.5 Å². The average molecular weight is 409 g/mol. The van der Waals surface area contributed by atoms with Crippen LogP contribution >= 0.6 is 0 Å². The first-order chi connectivity index (χ1) is 14.4. The summed E-state index contributed by atoms with van der Waals surface area (Å²) in [4.78, 5) is 30.9. The Labute approximate surface area is 172 Å². The molecule has 5 nitrogen and oxygen atoms in total. The van der Waals surface area contributed by atoms with E-state index in [1.54, 1.807) is 35.2 Å². The van der Waals surface area contributed by atoms with Gasteiger partial charge < -0.3 is 10.6 Å². The van der Waals surface area contributed by atoms with Gasteiger partial charge in [-0.25, -0.2) is 8.78 Å². The molecule has 154 valence electrons. The lowest BCUT2D eigenvalue weighted by Crippen LogP contribution is -2.39. The average Bonchev–Trinajstić information content (AvgIpc) is 2.74. The number of nitrogens with zero attached hydrogens (tertiary/aromatic N) is 2. The van der Waals surface area contributed by atoms with Crippen molar-refractivity contribution in [2.24, 2.45) is 5.73 Å². The maximum absolute atomic E-state index is 13.8. The van der Waals surface area contributed by atoms with Crippen LogP contribution < -0.4 is 5.73 Å². The van der Waals surface area contributed by atoms with Gasteiger partial charge in [0.2, 0.25) is 5.91 Å². The molecule has 0 spiro atoms. The van der Waals surface area contributed by atoms with E-state index in [0.717, 1.165) is 0 Å². The van der Waals surface area contributed by atoms with E-state index in [2.05, 4.69) is 4.98 Å². The molecule has 0 unspecified atom stereocenters. The van der Waals surface area contributed by atoms with E-state index in [0.29, 0.717) is 48.1 Å². The van der Waals surface area contributed by atoms with E-state index < -0.39 is 11.7 Å². The Balaban J connectivity index is 1.51. The van der Waals surface area contributed by atoms with E-state index in [-0.39, 0.29) is 29.6 Å². The summed E-state index contributed by atoms with van der Waals surface area (Å²) in [6, 6.07) is 12.1. The first-order valence-electron chi connectivity index (χ1n) is 9.83. The second kappa shape index (κ2) is 8.18. The highest BCUT2D eigenvalue weighted by atomic mass is 19.1. The maximum atomic E-state index is 13.8. The van der Waals surface area contributed by atoms with Crippen LogP contribution in [0, 0.1) is 11.6 Å². The van der Waals surface area contributed by atoms with Crippen LogP contribution in [-0.4, -0.2) is 34.8 Å². The highest BCUT2D eigenvalue weighted by molar-refractivity contribution is 5.97. The summed E-state index contributed by atoms with van der Waals surface area (Å²) < 4.78 is 27.3. The Bertz CT molecular complexity index is 1120. The molecule has 3 aromatic rings. The zero-order valence-corrected chi connectivity index (χ0v) is 16.3. The molecule has 30 heavy (non-hydrogen) atoms. The summed E-state index contributed by atoms with van der Waals surface area (Å²) >= 11 is 0. The Morgan fingerprint density at radius 1 is 1.07 bits per heavy atom. The number of piperidine rings is 1. The molecule has 1 saturated heterocycles. The molecular weight excluding hydrogens is 388 g/mol. The van der Waals surface area contributed by atoms with Gasteiger partial charge in [0.25, 0.3) is 5.91 Å². The zero-order valence-electron chi connectivity index (χ0n) is 16.3. The topological polar surface area (TPSA) is 76.3 Å². The van der Waals surface area contributed by atoms with Crippen molar-refractivity contribution in [2.45, 2.75) is 25.2 Å². The second-order valence-corrected chi connectivity index (χ2v) is 7.55. The third kappa shape index (κ3) is 4.01. The molecule has 1 aliphatic rings. The second-order valence-electron chi connectivity index (χ2n) is 7.55. The van der Waals surface area contributed by atoms with Crippen LogP contribution in [0.2, 0.25) is 0 Å². The van der Waals surface area contributed by atoms with Crippen molar-refractivity contribution in [3.05, 3.63) is 77.0 Å². The molecule has 2 N–H and O–H groups in total. The van der Waals surface area contributed by atoms with Gasteiger partial charge in [0, 0.05) is 24.4 Å². The fraction of sp³-hybridized carbons (Fsp3) is 0.261. The fourth-order valence-electron chi connectivity index (χ4n) is 3.99. The van der Waals surface area contributed by atoms with Crippen LogP contribution in [0.3, 0.4) is 0 Å². The zero-order chi connectivity index (χ0) is 21.3. The van der Waals surface area contributed by atoms with Crippen molar-refractivity contribution in [2.75, 3.05) is 13.1 Å². The van der Waals surface area contributed by atoms with E-state index in [9.17, 15) is 18.4 Å². The number of amides is 2. The molecule has 7 heteroatoms. The molecule has 1 aromatic heterocycles. The van der Waals surface area contributed by atoms with Gasteiger partial charge in [-0.2, -0.15) is 0 Å².